The molecule has 1 unspecified atom stereocenters. The van der Waals surface area contributed by atoms with Crippen molar-refractivity contribution in [2.24, 2.45) is 16.8 Å². The maximum atomic E-state index is 12.9. The van der Waals surface area contributed by atoms with E-state index in [0.29, 0.717) is 17.9 Å². The summed E-state index contributed by atoms with van der Waals surface area (Å²) < 4.78 is 5.74. The van der Waals surface area contributed by atoms with Crippen molar-refractivity contribution in [2.75, 3.05) is 46.3 Å². The Hall–Kier alpha value is -0.770. The van der Waals surface area contributed by atoms with Gasteiger partial charge in [0.1, 0.15) is 5.60 Å². The van der Waals surface area contributed by atoms with Crippen LogP contribution in [0.2, 0.25) is 0 Å². The highest BCUT2D eigenvalue weighted by molar-refractivity contribution is 14.0. The molecule has 0 aromatic carbocycles. The Balaban J connectivity index is 0.00000385. The van der Waals surface area contributed by atoms with Crippen LogP contribution in [0, 0.1) is 11.8 Å². The highest BCUT2D eigenvalue weighted by Gasteiger charge is 2.35. The molecule has 3 rings (SSSR count). The van der Waals surface area contributed by atoms with E-state index in [1.54, 1.807) is 0 Å². The summed E-state index contributed by atoms with van der Waals surface area (Å²) in [5.41, 5.74) is -0.449. The molecule has 8 heteroatoms. The van der Waals surface area contributed by atoms with Gasteiger partial charge in [0.25, 0.3) is 0 Å². The van der Waals surface area contributed by atoms with Crippen LogP contribution in [0.25, 0.3) is 0 Å². The molecule has 3 fully saturated rings. The number of nitrogens with zero attached hydrogens (tertiary/aromatic N) is 4. The monoisotopic (exact) mass is 577 g/mol. The number of hydrogen-bond donors (Lipinski definition) is 1. The number of likely N-dealkylation sites (tertiary alicyclic amines) is 2. The highest BCUT2D eigenvalue weighted by Crippen LogP contribution is 2.32. The molecule has 1 atom stereocenters. The predicted octanol–water partition coefficient (Wildman–Crippen LogP) is 4.41. The van der Waals surface area contributed by atoms with Crippen LogP contribution in [0.3, 0.4) is 0 Å². The lowest BCUT2D eigenvalue weighted by molar-refractivity contribution is 0.00927. The maximum Gasteiger partial charge on any atom is 0.410 e. The summed E-state index contributed by atoms with van der Waals surface area (Å²) in [7, 11) is 1.88. The molecule has 3 aliphatic rings. The summed E-state index contributed by atoms with van der Waals surface area (Å²) in [6, 6.07) is 0.887. The molecule has 0 aromatic heterocycles. The Bertz CT molecular complexity index is 639. The zero-order valence-corrected chi connectivity index (χ0v) is 24.1. The fraction of sp³-hybridized carbons (Fsp3) is 0.920. The van der Waals surface area contributed by atoms with E-state index >= 15 is 0 Å². The number of aliphatic imine (C=N–C) groups is 1. The van der Waals surface area contributed by atoms with Crippen molar-refractivity contribution < 1.29 is 9.53 Å². The second-order valence-electron chi connectivity index (χ2n) is 11.3. The van der Waals surface area contributed by atoms with E-state index in [4.69, 9.17) is 4.74 Å². The third kappa shape index (κ3) is 9.07. The maximum absolute atomic E-state index is 12.9. The first-order valence-corrected chi connectivity index (χ1v) is 12.9. The minimum Gasteiger partial charge on any atom is -0.444 e. The van der Waals surface area contributed by atoms with E-state index in [0.717, 1.165) is 45.0 Å². The molecule has 0 spiro atoms. The third-order valence-electron chi connectivity index (χ3n) is 7.03. The SMILES string of the molecule is CN=C(NCC1CCCN(C(C)C)C1)N1CCC(N(CC2CC2)C(=O)OC(C)(C)C)CC1.I. The molecule has 0 aromatic rings. The van der Waals surface area contributed by atoms with Crippen molar-refractivity contribution in [1.82, 2.24) is 20.0 Å². The second-order valence-corrected chi connectivity index (χ2v) is 11.3. The number of piperidine rings is 2. The fourth-order valence-electron chi connectivity index (χ4n) is 4.96. The molecule has 7 nitrogen and oxygen atoms in total. The average molecular weight is 578 g/mol. The lowest BCUT2D eigenvalue weighted by Gasteiger charge is -2.40. The molecular formula is C25H48IN5O2. The van der Waals surface area contributed by atoms with Crippen LogP contribution < -0.4 is 5.32 Å². The topological polar surface area (TPSA) is 60.4 Å². The van der Waals surface area contributed by atoms with E-state index in [-0.39, 0.29) is 36.1 Å². The van der Waals surface area contributed by atoms with Crippen LogP contribution >= 0.6 is 24.0 Å². The highest BCUT2D eigenvalue weighted by atomic mass is 127. The summed E-state index contributed by atoms with van der Waals surface area (Å²) in [5, 5.41) is 3.65. The van der Waals surface area contributed by atoms with Crippen LogP contribution in [0.4, 0.5) is 4.79 Å². The Morgan fingerprint density at radius 3 is 2.30 bits per heavy atom. The normalized spacial score (nSPS) is 23.3. The standard InChI is InChI=1S/C25H47N5O2.HI/c1-19(2)29-13-7-8-21(17-29)16-27-23(26-6)28-14-11-22(12-15-28)30(18-20-9-10-20)24(31)32-25(3,4)5;/h19-22H,7-18H2,1-6H3,(H,26,27);1H. The number of amides is 1. The molecule has 1 amide bonds. The molecule has 0 bridgehead atoms. The van der Waals surface area contributed by atoms with Gasteiger partial charge in [-0.15, -0.1) is 24.0 Å². The minimum absolute atomic E-state index is 0. The zero-order valence-electron chi connectivity index (χ0n) is 21.8. The number of carbonyl (C=O) groups is 1. The van der Waals surface area contributed by atoms with Crippen molar-refractivity contribution in [3.63, 3.8) is 0 Å². The van der Waals surface area contributed by atoms with E-state index < -0.39 is 5.60 Å². The molecule has 1 saturated carbocycles. The second kappa shape index (κ2) is 12.8. The van der Waals surface area contributed by atoms with Gasteiger partial charge >= 0.3 is 6.09 Å². The van der Waals surface area contributed by atoms with Gasteiger partial charge in [-0.3, -0.25) is 4.99 Å². The summed E-state index contributed by atoms with van der Waals surface area (Å²) >= 11 is 0. The van der Waals surface area contributed by atoms with Crippen LogP contribution in [0.1, 0.15) is 73.1 Å². The first-order chi connectivity index (χ1) is 15.2. The average Bonchev–Trinajstić information content (AvgIpc) is 3.56. The van der Waals surface area contributed by atoms with Gasteiger partial charge in [-0.25, -0.2) is 4.79 Å². The first kappa shape index (κ1) is 28.5. The van der Waals surface area contributed by atoms with Crippen LogP contribution in [0.15, 0.2) is 4.99 Å². The lowest BCUT2D eigenvalue weighted by Crippen LogP contribution is -2.53. The molecule has 0 radical (unpaired) electrons. The summed E-state index contributed by atoms with van der Waals surface area (Å²) in [6.07, 6.45) is 6.86. The van der Waals surface area contributed by atoms with Crippen molar-refractivity contribution in [2.45, 2.75) is 90.8 Å². The number of ether oxygens (including phenoxy) is 1. The van der Waals surface area contributed by atoms with Crippen molar-refractivity contribution in [3.8, 4) is 0 Å². The summed E-state index contributed by atoms with van der Waals surface area (Å²) in [5.74, 6) is 2.36. The molecule has 1 aliphatic carbocycles. The molecule has 2 aliphatic heterocycles. The predicted molar refractivity (Wildman–Crippen MR) is 146 cm³/mol. The van der Waals surface area contributed by atoms with E-state index in [1.165, 1.54) is 38.8 Å². The van der Waals surface area contributed by atoms with Gasteiger partial charge in [-0.05, 0) is 91.5 Å². The zero-order chi connectivity index (χ0) is 23.3. The first-order valence-electron chi connectivity index (χ1n) is 12.9. The number of nitrogens with one attached hydrogen (secondary N) is 1. The van der Waals surface area contributed by atoms with Gasteiger partial charge in [0, 0.05) is 51.9 Å². The minimum atomic E-state index is -0.449. The molecule has 2 saturated heterocycles. The van der Waals surface area contributed by atoms with E-state index in [1.807, 2.05) is 32.7 Å². The largest absolute Gasteiger partial charge is 0.444 e. The number of guanidine groups is 1. The fourth-order valence-corrected chi connectivity index (χ4v) is 4.96. The Morgan fingerprint density at radius 2 is 1.76 bits per heavy atom. The van der Waals surface area contributed by atoms with Crippen LogP contribution in [0.5, 0.6) is 0 Å². The number of halogens is 1. The van der Waals surface area contributed by atoms with Gasteiger partial charge in [-0.1, -0.05) is 0 Å². The van der Waals surface area contributed by atoms with E-state index in [2.05, 4.69) is 34.0 Å². The van der Waals surface area contributed by atoms with Gasteiger partial charge in [-0.2, -0.15) is 0 Å². The molecular weight excluding hydrogens is 529 g/mol. The van der Waals surface area contributed by atoms with Crippen molar-refractivity contribution in [3.05, 3.63) is 0 Å². The molecule has 192 valence electrons. The Morgan fingerprint density at radius 1 is 1.09 bits per heavy atom. The van der Waals surface area contributed by atoms with Gasteiger partial charge in [0.2, 0.25) is 0 Å². The smallest absolute Gasteiger partial charge is 0.410 e. The van der Waals surface area contributed by atoms with Gasteiger partial charge in [0.05, 0.1) is 0 Å². The number of carbonyl (C=O) groups excluding carboxylic acids is 1. The summed E-state index contributed by atoms with van der Waals surface area (Å²) in [6.45, 7) is 16.5. The molecule has 33 heavy (non-hydrogen) atoms. The van der Waals surface area contributed by atoms with Crippen molar-refractivity contribution >= 4 is 36.0 Å². The number of rotatable bonds is 6. The van der Waals surface area contributed by atoms with Crippen LogP contribution in [-0.2, 0) is 4.74 Å². The lowest BCUT2D eigenvalue weighted by atomic mass is 9.97. The Kier molecular flexibility index (Phi) is 11.0. The molecule has 1 N–H and O–H groups in total. The number of hydrogen-bond acceptors (Lipinski definition) is 4. The van der Waals surface area contributed by atoms with Crippen LogP contribution in [-0.4, -0.2) is 90.8 Å². The Labute approximate surface area is 219 Å². The molecule has 2 heterocycles. The van der Waals surface area contributed by atoms with E-state index in [9.17, 15) is 4.79 Å². The van der Waals surface area contributed by atoms with Gasteiger partial charge < -0.3 is 24.8 Å². The quantitative estimate of drug-likeness (QED) is 0.288. The summed E-state index contributed by atoms with van der Waals surface area (Å²) in [4.78, 5) is 24.5. The van der Waals surface area contributed by atoms with Gasteiger partial charge in [0.15, 0.2) is 5.96 Å². The van der Waals surface area contributed by atoms with Crippen molar-refractivity contribution in [1.29, 1.82) is 0 Å². The third-order valence-corrected chi connectivity index (χ3v) is 7.03.